The van der Waals surface area contributed by atoms with E-state index in [0.717, 1.165) is 40.6 Å². The molecule has 2 aromatic carbocycles. The third kappa shape index (κ3) is 9.76. The number of guanidine groups is 1. The molecule has 0 fully saturated rings. The second-order valence-electron chi connectivity index (χ2n) is 11.1. The number of benzene rings is 2. The number of ketones is 1. The number of aliphatic hydroxyl groups is 2. The van der Waals surface area contributed by atoms with E-state index in [1.165, 1.54) is 12.1 Å². The van der Waals surface area contributed by atoms with Gasteiger partial charge in [0.2, 0.25) is 5.91 Å². The molecule has 0 aliphatic heterocycles. The average Bonchev–Trinajstić information content (AvgIpc) is 3.28. The number of aromatic nitrogens is 1. The number of halogens is 1. The Balaban J connectivity index is 1.61. The number of rotatable bonds is 16. The van der Waals surface area contributed by atoms with Crippen LogP contribution in [-0.4, -0.2) is 57.2 Å². The van der Waals surface area contributed by atoms with Crippen LogP contribution in [0.5, 0.6) is 0 Å². The quantitative estimate of drug-likeness (QED) is 0.0939. The van der Waals surface area contributed by atoms with Crippen LogP contribution < -0.4 is 16.8 Å². The number of nitrogens with one attached hydrogen (secondary N) is 1. The number of hydrogen-bond donors (Lipinski definition) is 5. The van der Waals surface area contributed by atoms with Crippen molar-refractivity contribution in [3.8, 4) is 11.1 Å². The van der Waals surface area contributed by atoms with Crippen LogP contribution in [0.2, 0.25) is 0 Å². The highest BCUT2D eigenvalue weighted by atomic mass is 19.1. The topological polar surface area (TPSA) is 156 Å². The lowest BCUT2D eigenvalue weighted by atomic mass is 10.0. The van der Waals surface area contributed by atoms with Crippen molar-refractivity contribution < 1.29 is 24.2 Å². The van der Waals surface area contributed by atoms with Gasteiger partial charge < -0.3 is 31.6 Å². The summed E-state index contributed by atoms with van der Waals surface area (Å²) in [6, 6.07) is 13.7. The minimum absolute atomic E-state index is 0.0455. The molecule has 0 saturated carbocycles. The van der Waals surface area contributed by atoms with Crippen molar-refractivity contribution in [2.75, 3.05) is 6.54 Å². The molecule has 10 heteroatoms. The molecular weight excluding hydrogens is 549 g/mol. The van der Waals surface area contributed by atoms with E-state index in [4.69, 9.17) is 11.5 Å². The minimum atomic E-state index is -1.11. The summed E-state index contributed by atoms with van der Waals surface area (Å²) >= 11 is 0. The van der Waals surface area contributed by atoms with Gasteiger partial charge in [0.25, 0.3) is 0 Å². The SMILES string of the molecule is CC(C)n1c(/C=C/[C@H](O)C[C@H](O)CC(=O)N[C@@H](C)C(=O)CCCCCN=C(N)N)c(-c2ccc(F)cc2)c2ccccc21. The molecule has 0 spiro atoms. The summed E-state index contributed by atoms with van der Waals surface area (Å²) in [7, 11) is 0. The molecule has 0 radical (unpaired) electrons. The Hall–Kier alpha value is -4.02. The normalized spacial score (nSPS) is 13.7. The summed E-state index contributed by atoms with van der Waals surface area (Å²) in [4.78, 5) is 28.7. The van der Waals surface area contributed by atoms with Crippen LogP contribution in [-0.2, 0) is 9.59 Å². The van der Waals surface area contributed by atoms with Gasteiger partial charge in [0.05, 0.1) is 24.7 Å². The summed E-state index contributed by atoms with van der Waals surface area (Å²) in [6.07, 6.45) is 3.52. The van der Waals surface area contributed by atoms with Crippen LogP contribution in [0.1, 0.15) is 71.0 Å². The minimum Gasteiger partial charge on any atom is -0.392 e. The number of para-hydroxylation sites is 1. The van der Waals surface area contributed by atoms with E-state index in [2.05, 4.69) is 28.7 Å². The van der Waals surface area contributed by atoms with Gasteiger partial charge in [-0.2, -0.15) is 0 Å². The van der Waals surface area contributed by atoms with Crippen molar-refractivity contribution in [3.63, 3.8) is 0 Å². The fraction of sp³-hybridized carbons (Fsp3) is 0.424. The van der Waals surface area contributed by atoms with E-state index in [0.29, 0.717) is 19.4 Å². The van der Waals surface area contributed by atoms with Gasteiger partial charge in [0, 0.05) is 47.6 Å². The monoisotopic (exact) mass is 593 g/mol. The Morgan fingerprint density at radius 2 is 1.72 bits per heavy atom. The molecule has 0 unspecified atom stereocenters. The Morgan fingerprint density at radius 3 is 2.40 bits per heavy atom. The largest absolute Gasteiger partial charge is 0.392 e. The number of nitrogens with two attached hydrogens (primary N) is 2. The Labute approximate surface area is 252 Å². The fourth-order valence-corrected chi connectivity index (χ4v) is 5.17. The van der Waals surface area contributed by atoms with Crippen molar-refractivity contribution in [1.82, 2.24) is 9.88 Å². The first-order valence-electron chi connectivity index (χ1n) is 14.8. The number of Topliss-reactive ketones (excluding diaryl/α,β-unsaturated/α-hetero) is 1. The summed E-state index contributed by atoms with van der Waals surface area (Å²) < 4.78 is 15.9. The maximum Gasteiger partial charge on any atom is 0.223 e. The number of fused-ring (bicyclic) bond motifs is 1. The van der Waals surface area contributed by atoms with Crippen molar-refractivity contribution in [3.05, 3.63) is 66.1 Å². The Morgan fingerprint density at radius 1 is 1.02 bits per heavy atom. The van der Waals surface area contributed by atoms with Crippen LogP contribution in [0.25, 0.3) is 28.1 Å². The first-order valence-corrected chi connectivity index (χ1v) is 14.8. The number of aliphatic hydroxyl groups excluding tert-OH is 2. The maximum absolute atomic E-state index is 13.7. The summed E-state index contributed by atoms with van der Waals surface area (Å²) in [5.74, 6) is -0.832. The standard InChI is InChI=1S/C33H44FN5O4/c1-21(2)39-28-10-7-6-9-27(28)32(23-12-14-24(34)15-13-23)29(39)17-16-25(40)19-26(41)20-31(43)38-22(3)30(42)11-5-4-8-18-37-33(35)36/h6-7,9-10,12-17,21-22,25-26,40-41H,4-5,8,11,18-20H2,1-3H3,(H,38,43)(H4,35,36,37)/b17-16+/t22-,25-,26-/m0/s1. The van der Waals surface area contributed by atoms with Gasteiger partial charge >= 0.3 is 0 Å². The van der Waals surface area contributed by atoms with Gasteiger partial charge in [0.15, 0.2) is 11.7 Å². The summed E-state index contributed by atoms with van der Waals surface area (Å²) in [6.45, 7) is 6.27. The zero-order chi connectivity index (χ0) is 31.5. The molecular formula is C33H44FN5O4. The van der Waals surface area contributed by atoms with E-state index in [9.17, 15) is 24.2 Å². The molecule has 0 aliphatic carbocycles. The van der Waals surface area contributed by atoms with Gasteiger partial charge in [-0.3, -0.25) is 14.6 Å². The van der Waals surface area contributed by atoms with E-state index in [-0.39, 0.29) is 36.4 Å². The lowest BCUT2D eigenvalue weighted by Gasteiger charge is -2.17. The molecule has 3 aromatic rings. The third-order valence-corrected chi connectivity index (χ3v) is 7.24. The number of carbonyl (C=O) groups is 2. The fourth-order valence-electron chi connectivity index (χ4n) is 5.17. The van der Waals surface area contributed by atoms with Crippen molar-refractivity contribution in [2.45, 2.75) is 83.6 Å². The van der Waals surface area contributed by atoms with Gasteiger partial charge in [-0.05, 0) is 63.5 Å². The van der Waals surface area contributed by atoms with E-state index in [1.807, 2.05) is 30.3 Å². The van der Waals surface area contributed by atoms with Gasteiger partial charge in [-0.1, -0.05) is 42.8 Å². The highest BCUT2D eigenvalue weighted by Crippen LogP contribution is 2.38. The van der Waals surface area contributed by atoms with Gasteiger partial charge in [-0.15, -0.1) is 0 Å². The number of hydrogen-bond acceptors (Lipinski definition) is 5. The second kappa shape index (κ2) is 16.0. The van der Waals surface area contributed by atoms with Crippen LogP contribution in [0.15, 0.2) is 59.6 Å². The number of nitrogens with zero attached hydrogens (tertiary/aromatic N) is 2. The molecule has 0 saturated heterocycles. The Kier molecular flexibility index (Phi) is 12.5. The molecule has 7 N–H and O–H groups in total. The Bertz CT molecular complexity index is 1430. The first-order chi connectivity index (χ1) is 20.5. The van der Waals surface area contributed by atoms with E-state index >= 15 is 0 Å². The van der Waals surface area contributed by atoms with Gasteiger partial charge in [0.1, 0.15) is 5.82 Å². The van der Waals surface area contributed by atoms with Crippen molar-refractivity contribution in [2.24, 2.45) is 16.5 Å². The van der Waals surface area contributed by atoms with Crippen LogP contribution in [0.4, 0.5) is 4.39 Å². The van der Waals surface area contributed by atoms with Crippen LogP contribution >= 0.6 is 0 Å². The molecule has 1 aromatic heterocycles. The lowest BCUT2D eigenvalue weighted by Crippen LogP contribution is -2.40. The molecule has 1 heterocycles. The van der Waals surface area contributed by atoms with Gasteiger partial charge in [-0.25, -0.2) is 4.39 Å². The molecule has 232 valence electrons. The second-order valence-corrected chi connectivity index (χ2v) is 11.1. The molecule has 0 bridgehead atoms. The predicted octanol–water partition coefficient (Wildman–Crippen LogP) is 4.45. The predicted molar refractivity (Wildman–Crippen MR) is 170 cm³/mol. The molecule has 0 aliphatic rings. The molecule has 9 nitrogen and oxygen atoms in total. The van der Waals surface area contributed by atoms with E-state index < -0.39 is 24.2 Å². The smallest absolute Gasteiger partial charge is 0.223 e. The third-order valence-electron chi connectivity index (χ3n) is 7.24. The summed E-state index contributed by atoms with van der Waals surface area (Å²) in [5.41, 5.74) is 14.2. The molecule has 43 heavy (non-hydrogen) atoms. The highest BCUT2D eigenvalue weighted by Gasteiger charge is 2.21. The number of carbonyl (C=O) groups excluding carboxylic acids is 2. The first kappa shape index (κ1) is 33.5. The molecule has 3 rings (SSSR count). The number of amides is 1. The number of aliphatic imine (C=N–C) groups is 1. The summed E-state index contributed by atoms with van der Waals surface area (Å²) in [5, 5.41) is 24.9. The molecule has 1 amide bonds. The maximum atomic E-state index is 13.7. The lowest BCUT2D eigenvalue weighted by molar-refractivity contribution is -0.128. The van der Waals surface area contributed by atoms with E-state index in [1.54, 1.807) is 25.1 Å². The highest BCUT2D eigenvalue weighted by molar-refractivity contribution is 6.01. The zero-order valence-corrected chi connectivity index (χ0v) is 25.2. The van der Waals surface area contributed by atoms with Crippen LogP contribution in [0.3, 0.4) is 0 Å². The average molecular weight is 594 g/mol. The van der Waals surface area contributed by atoms with Crippen LogP contribution in [0, 0.1) is 5.82 Å². The van der Waals surface area contributed by atoms with Crippen molar-refractivity contribution >= 4 is 34.6 Å². The number of unbranched alkanes of at least 4 members (excludes halogenated alkanes) is 2. The molecule has 3 atom stereocenters. The zero-order valence-electron chi connectivity index (χ0n) is 25.2. The van der Waals surface area contributed by atoms with Crippen molar-refractivity contribution in [1.29, 1.82) is 0 Å².